The maximum Gasteiger partial charge on any atom is 0.329 e. The fourth-order valence-electron chi connectivity index (χ4n) is 5.18. The van der Waals surface area contributed by atoms with Crippen LogP contribution >= 0.6 is 0 Å². The number of nitrogens with one attached hydrogen (secondary N) is 2. The van der Waals surface area contributed by atoms with E-state index in [1.165, 1.54) is 19.3 Å². The summed E-state index contributed by atoms with van der Waals surface area (Å²) in [5, 5.41) is 6.29. The lowest BCUT2D eigenvalue weighted by atomic mass is 9.95. The number of para-hydroxylation sites is 2. The largest absolute Gasteiger partial charge is 0.353 e. The molecule has 4 rings (SSSR count). The van der Waals surface area contributed by atoms with E-state index in [1.54, 1.807) is 9.13 Å². The summed E-state index contributed by atoms with van der Waals surface area (Å²) in [4.78, 5) is 39.9. The van der Waals surface area contributed by atoms with Gasteiger partial charge in [-0.1, -0.05) is 38.3 Å². The minimum absolute atomic E-state index is 0.0366. The lowest BCUT2D eigenvalue weighted by Crippen LogP contribution is -2.51. The van der Waals surface area contributed by atoms with Crippen LogP contribution in [0.5, 0.6) is 0 Å². The number of nitrogens with zero attached hydrogens (tertiary/aromatic N) is 3. The Labute approximate surface area is 195 Å². The fourth-order valence-corrected chi connectivity index (χ4v) is 5.18. The molecule has 1 aliphatic carbocycles. The standard InChI is InChI=1S/C25H37N5O3/c1-2-15-29-21-10-6-7-11-22(21)30(25(29)33)18-14-23(31)26-20-12-16-28(17-13-20)24(32)27-19-8-4-3-5-9-19/h6-7,10-11,19-20H,2-5,8-9,12-18H2,1H3,(H,26,31)(H,27,32). The van der Waals surface area contributed by atoms with Crippen LogP contribution in [0, 0.1) is 0 Å². The summed E-state index contributed by atoms with van der Waals surface area (Å²) < 4.78 is 3.50. The molecule has 1 saturated heterocycles. The monoisotopic (exact) mass is 455 g/mol. The summed E-state index contributed by atoms with van der Waals surface area (Å²) in [6, 6.07) is 8.19. The summed E-state index contributed by atoms with van der Waals surface area (Å²) in [5.41, 5.74) is 1.74. The normalized spacial score (nSPS) is 17.9. The third kappa shape index (κ3) is 5.60. The number of urea groups is 1. The first-order valence-electron chi connectivity index (χ1n) is 12.6. The second kappa shape index (κ2) is 10.9. The highest BCUT2D eigenvalue weighted by Gasteiger charge is 2.26. The number of carbonyl (C=O) groups is 2. The van der Waals surface area contributed by atoms with E-state index in [1.807, 2.05) is 29.2 Å². The number of likely N-dealkylation sites (tertiary alicyclic amines) is 1. The average Bonchev–Trinajstić information content (AvgIpc) is 3.10. The van der Waals surface area contributed by atoms with Crippen LogP contribution in [0.25, 0.3) is 11.0 Å². The third-order valence-electron chi connectivity index (χ3n) is 7.01. The summed E-state index contributed by atoms with van der Waals surface area (Å²) in [6.07, 6.45) is 8.51. The van der Waals surface area contributed by atoms with Crippen molar-refractivity contribution in [2.45, 2.75) is 89.9 Å². The van der Waals surface area contributed by atoms with Gasteiger partial charge in [-0.05, 0) is 44.2 Å². The van der Waals surface area contributed by atoms with E-state index in [0.29, 0.717) is 32.2 Å². The number of carbonyl (C=O) groups excluding carboxylic acids is 2. The molecule has 1 saturated carbocycles. The highest BCUT2D eigenvalue weighted by atomic mass is 16.2. The molecule has 33 heavy (non-hydrogen) atoms. The minimum Gasteiger partial charge on any atom is -0.353 e. The summed E-state index contributed by atoms with van der Waals surface area (Å²) in [6.45, 7) is 4.41. The smallest absolute Gasteiger partial charge is 0.329 e. The summed E-state index contributed by atoms with van der Waals surface area (Å²) >= 11 is 0. The van der Waals surface area contributed by atoms with E-state index in [9.17, 15) is 14.4 Å². The highest BCUT2D eigenvalue weighted by molar-refractivity contribution is 5.78. The molecule has 3 amide bonds. The van der Waals surface area contributed by atoms with Gasteiger partial charge < -0.3 is 15.5 Å². The molecule has 1 aromatic heterocycles. The molecule has 1 aliphatic heterocycles. The SMILES string of the molecule is CCCn1c(=O)n(CCC(=O)NC2CCN(C(=O)NC3CCCCC3)CC2)c2ccccc21. The number of hydrogen-bond acceptors (Lipinski definition) is 3. The van der Waals surface area contributed by atoms with Crippen LogP contribution in [0.1, 0.15) is 64.7 Å². The number of aryl methyl sites for hydroxylation is 2. The lowest BCUT2D eigenvalue weighted by molar-refractivity contribution is -0.122. The van der Waals surface area contributed by atoms with Crippen LogP contribution < -0.4 is 16.3 Å². The van der Waals surface area contributed by atoms with E-state index in [-0.39, 0.29) is 30.1 Å². The number of rotatable bonds is 7. The molecule has 0 atom stereocenters. The van der Waals surface area contributed by atoms with Gasteiger partial charge in [-0.25, -0.2) is 9.59 Å². The first-order chi connectivity index (χ1) is 16.1. The number of hydrogen-bond donors (Lipinski definition) is 2. The van der Waals surface area contributed by atoms with Gasteiger partial charge in [0.2, 0.25) is 5.91 Å². The number of imidazole rings is 1. The molecule has 2 fully saturated rings. The van der Waals surface area contributed by atoms with Crippen molar-refractivity contribution in [3.05, 3.63) is 34.7 Å². The second-order valence-corrected chi connectivity index (χ2v) is 9.44. The van der Waals surface area contributed by atoms with Gasteiger partial charge >= 0.3 is 11.7 Å². The Hall–Kier alpha value is -2.77. The van der Waals surface area contributed by atoms with Crippen molar-refractivity contribution in [3.63, 3.8) is 0 Å². The highest BCUT2D eigenvalue weighted by Crippen LogP contribution is 2.19. The van der Waals surface area contributed by atoms with Gasteiger partial charge in [0.1, 0.15) is 0 Å². The number of benzene rings is 1. The Kier molecular flexibility index (Phi) is 7.73. The minimum atomic E-state index is -0.0527. The van der Waals surface area contributed by atoms with Crippen LogP contribution in [-0.2, 0) is 17.9 Å². The van der Waals surface area contributed by atoms with Gasteiger partial charge in [0.15, 0.2) is 0 Å². The van der Waals surface area contributed by atoms with Gasteiger partial charge in [0.05, 0.1) is 11.0 Å². The first-order valence-corrected chi connectivity index (χ1v) is 12.6. The Morgan fingerprint density at radius 1 is 0.879 bits per heavy atom. The van der Waals surface area contributed by atoms with Crippen LogP contribution in [0.3, 0.4) is 0 Å². The Balaban J connectivity index is 1.25. The van der Waals surface area contributed by atoms with Crippen molar-refractivity contribution >= 4 is 23.0 Å². The van der Waals surface area contributed by atoms with Crippen LogP contribution in [-0.4, -0.2) is 51.1 Å². The van der Waals surface area contributed by atoms with Crippen molar-refractivity contribution in [1.82, 2.24) is 24.7 Å². The molecule has 2 N–H and O–H groups in total. The molecular formula is C25H37N5O3. The molecule has 8 nitrogen and oxygen atoms in total. The zero-order valence-electron chi connectivity index (χ0n) is 19.7. The van der Waals surface area contributed by atoms with Crippen LogP contribution in [0.15, 0.2) is 29.1 Å². The predicted molar refractivity (Wildman–Crippen MR) is 129 cm³/mol. The summed E-state index contributed by atoms with van der Waals surface area (Å²) in [7, 11) is 0. The molecule has 2 aromatic rings. The Morgan fingerprint density at radius 2 is 1.48 bits per heavy atom. The maximum atomic E-state index is 12.9. The van der Waals surface area contributed by atoms with Gasteiger partial charge in [-0.15, -0.1) is 0 Å². The van der Waals surface area contributed by atoms with Gasteiger partial charge in [-0.2, -0.15) is 0 Å². The molecular weight excluding hydrogens is 418 g/mol. The topological polar surface area (TPSA) is 88.4 Å². The van der Waals surface area contributed by atoms with Crippen molar-refractivity contribution in [2.24, 2.45) is 0 Å². The fraction of sp³-hybridized carbons (Fsp3) is 0.640. The number of aromatic nitrogens is 2. The molecule has 2 heterocycles. The zero-order valence-corrected chi connectivity index (χ0v) is 19.7. The van der Waals surface area contributed by atoms with Crippen molar-refractivity contribution in [2.75, 3.05) is 13.1 Å². The van der Waals surface area contributed by atoms with Gasteiger partial charge in [0, 0.05) is 44.7 Å². The number of fused-ring (bicyclic) bond motifs is 1. The van der Waals surface area contributed by atoms with Crippen LogP contribution in [0.4, 0.5) is 4.79 Å². The molecule has 0 bridgehead atoms. The van der Waals surface area contributed by atoms with E-state index >= 15 is 0 Å². The van der Waals surface area contributed by atoms with Crippen molar-refractivity contribution < 1.29 is 9.59 Å². The molecule has 0 unspecified atom stereocenters. The number of piperidine rings is 1. The van der Waals surface area contributed by atoms with Crippen molar-refractivity contribution in [1.29, 1.82) is 0 Å². The van der Waals surface area contributed by atoms with Gasteiger partial charge in [0.25, 0.3) is 0 Å². The average molecular weight is 456 g/mol. The molecule has 0 spiro atoms. The van der Waals surface area contributed by atoms with E-state index < -0.39 is 0 Å². The predicted octanol–water partition coefficient (Wildman–Crippen LogP) is 3.23. The second-order valence-electron chi connectivity index (χ2n) is 9.44. The molecule has 180 valence electrons. The van der Waals surface area contributed by atoms with E-state index in [0.717, 1.165) is 43.1 Å². The molecule has 2 aliphatic rings. The quantitative estimate of drug-likeness (QED) is 0.672. The first kappa shape index (κ1) is 23.4. The lowest BCUT2D eigenvalue weighted by Gasteiger charge is -2.34. The van der Waals surface area contributed by atoms with Gasteiger partial charge in [-0.3, -0.25) is 13.9 Å². The van der Waals surface area contributed by atoms with E-state index in [4.69, 9.17) is 0 Å². The van der Waals surface area contributed by atoms with Crippen molar-refractivity contribution in [3.8, 4) is 0 Å². The Bertz CT molecular complexity index is 1010. The number of amides is 3. The zero-order chi connectivity index (χ0) is 23.2. The maximum absolute atomic E-state index is 12.9. The van der Waals surface area contributed by atoms with Crippen LogP contribution in [0.2, 0.25) is 0 Å². The van der Waals surface area contributed by atoms with E-state index in [2.05, 4.69) is 17.6 Å². The molecule has 8 heteroatoms. The summed E-state index contributed by atoms with van der Waals surface area (Å²) in [5.74, 6) is -0.0423. The molecule has 1 aromatic carbocycles. The third-order valence-corrected chi connectivity index (χ3v) is 7.01. The Morgan fingerprint density at radius 3 is 2.12 bits per heavy atom. The molecule has 0 radical (unpaired) electrons.